The SMILES string of the molecule is CC.CC.Cc1nc2ccccn2c1C.Cc1nc2ccccn2c1C. The van der Waals surface area contributed by atoms with E-state index in [1.807, 2.05) is 90.3 Å². The van der Waals surface area contributed by atoms with Crippen LogP contribution in [0.2, 0.25) is 0 Å². The fourth-order valence-electron chi connectivity index (χ4n) is 2.47. The second-order valence-corrected chi connectivity index (χ2v) is 5.42. The average Bonchev–Trinajstić information content (AvgIpc) is 3.15. The molecule has 0 N–H and O–H groups in total. The molecule has 4 aromatic rings. The van der Waals surface area contributed by atoms with Gasteiger partial charge in [-0.1, -0.05) is 39.8 Å². The lowest BCUT2D eigenvalue weighted by molar-refractivity contribution is 1.09. The molecule has 0 atom stereocenters. The Bertz CT molecular complexity index is 854. The van der Waals surface area contributed by atoms with Crippen LogP contribution in [-0.4, -0.2) is 18.8 Å². The van der Waals surface area contributed by atoms with Gasteiger partial charge in [-0.15, -0.1) is 0 Å². The molecule has 0 radical (unpaired) electrons. The molecule has 0 amide bonds. The highest BCUT2D eigenvalue weighted by Crippen LogP contribution is 2.09. The maximum Gasteiger partial charge on any atom is 0.137 e. The number of nitrogens with zero attached hydrogens (tertiary/aromatic N) is 4. The molecule has 0 saturated carbocycles. The third-order valence-corrected chi connectivity index (χ3v) is 4.01. The highest BCUT2D eigenvalue weighted by molar-refractivity contribution is 5.42. The Labute approximate surface area is 157 Å². The third-order valence-electron chi connectivity index (χ3n) is 4.01. The van der Waals surface area contributed by atoms with Crippen LogP contribution in [0.5, 0.6) is 0 Å². The highest BCUT2D eigenvalue weighted by Gasteiger charge is 2.01. The van der Waals surface area contributed by atoms with Gasteiger partial charge in [-0.05, 0) is 52.0 Å². The maximum atomic E-state index is 4.38. The summed E-state index contributed by atoms with van der Waals surface area (Å²) in [4.78, 5) is 8.75. The zero-order valence-corrected chi connectivity index (χ0v) is 17.4. The number of imidazole rings is 2. The number of aromatic nitrogens is 4. The Morgan fingerprint density at radius 3 is 1.23 bits per heavy atom. The predicted molar refractivity (Wildman–Crippen MR) is 112 cm³/mol. The van der Waals surface area contributed by atoms with Crippen LogP contribution in [0.4, 0.5) is 0 Å². The van der Waals surface area contributed by atoms with E-state index in [1.165, 1.54) is 11.4 Å². The van der Waals surface area contributed by atoms with Gasteiger partial charge in [-0.3, -0.25) is 0 Å². The van der Waals surface area contributed by atoms with Gasteiger partial charge in [0, 0.05) is 23.8 Å². The van der Waals surface area contributed by atoms with E-state index >= 15 is 0 Å². The molecule has 0 spiro atoms. The molecular formula is C22H32N4. The normalized spacial score (nSPS) is 9.54. The molecule has 26 heavy (non-hydrogen) atoms. The summed E-state index contributed by atoms with van der Waals surface area (Å²) in [6, 6.07) is 12.1. The van der Waals surface area contributed by atoms with Crippen molar-refractivity contribution < 1.29 is 0 Å². The Morgan fingerprint density at radius 2 is 0.923 bits per heavy atom. The van der Waals surface area contributed by atoms with Crippen LogP contribution >= 0.6 is 0 Å². The topological polar surface area (TPSA) is 34.6 Å². The smallest absolute Gasteiger partial charge is 0.137 e. The zero-order valence-electron chi connectivity index (χ0n) is 17.4. The summed E-state index contributed by atoms with van der Waals surface area (Å²) in [5.74, 6) is 0. The molecule has 4 rings (SSSR count). The Balaban J connectivity index is 0.000000219. The van der Waals surface area contributed by atoms with Crippen molar-refractivity contribution in [1.29, 1.82) is 0 Å². The van der Waals surface area contributed by atoms with Gasteiger partial charge in [0.15, 0.2) is 0 Å². The lowest BCUT2D eigenvalue weighted by Gasteiger charge is -1.92. The Kier molecular flexibility index (Phi) is 8.56. The minimum atomic E-state index is 1.03. The van der Waals surface area contributed by atoms with Crippen molar-refractivity contribution >= 4 is 11.3 Å². The lowest BCUT2D eigenvalue weighted by atomic mass is 10.4. The van der Waals surface area contributed by atoms with Gasteiger partial charge in [0.05, 0.1) is 11.4 Å². The minimum Gasteiger partial charge on any atom is -0.304 e. The number of rotatable bonds is 0. The summed E-state index contributed by atoms with van der Waals surface area (Å²) in [6.07, 6.45) is 4.06. The summed E-state index contributed by atoms with van der Waals surface area (Å²) in [6.45, 7) is 16.2. The fraction of sp³-hybridized carbons (Fsp3) is 0.364. The van der Waals surface area contributed by atoms with Crippen molar-refractivity contribution in [3.63, 3.8) is 0 Å². The first kappa shape index (κ1) is 21.4. The van der Waals surface area contributed by atoms with Gasteiger partial charge in [0.1, 0.15) is 11.3 Å². The quantitative estimate of drug-likeness (QED) is 0.391. The van der Waals surface area contributed by atoms with E-state index in [0.29, 0.717) is 0 Å². The van der Waals surface area contributed by atoms with E-state index in [9.17, 15) is 0 Å². The van der Waals surface area contributed by atoms with Crippen molar-refractivity contribution in [1.82, 2.24) is 18.8 Å². The van der Waals surface area contributed by atoms with Gasteiger partial charge in [-0.25, -0.2) is 9.97 Å². The van der Waals surface area contributed by atoms with Gasteiger partial charge in [0.25, 0.3) is 0 Å². The first-order chi connectivity index (χ1) is 12.6. The van der Waals surface area contributed by atoms with Crippen molar-refractivity contribution in [2.24, 2.45) is 0 Å². The third kappa shape index (κ3) is 4.72. The van der Waals surface area contributed by atoms with Gasteiger partial charge in [0.2, 0.25) is 0 Å². The van der Waals surface area contributed by atoms with Crippen LogP contribution in [0.15, 0.2) is 48.8 Å². The molecule has 0 fully saturated rings. The van der Waals surface area contributed by atoms with Gasteiger partial charge in [-0.2, -0.15) is 0 Å². The highest BCUT2D eigenvalue weighted by atomic mass is 15.0. The van der Waals surface area contributed by atoms with E-state index in [4.69, 9.17) is 0 Å². The van der Waals surface area contributed by atoms with Gasteiger partial charge < -0.3 is 8.80 Å². The lowest BCUT2D eigenvalue weighted by Crippen LogP contribution is -1.84. The molecule has 4 aromatic heterocycles. The van der Waals surface area contributed by atoms with Crippen molar-refractivity contribution in [3.05, 3.63) is 71.6 Å². The number of hydrogen-bond donors (Lipinski definition) is 0. The molecule has 0 bridgehead atoms. The van der Waals surface area contributed by atoms with E-state index < -0.39 is 0 Å². The molecule has 140 valence electrons. The molecule has 0 aliphatic heterocycles. The van der Waals surface area contributed by atoms with E-state index in [2.05, 4.69) is 32.6 Å². The largest absolute Gasteiger partial charge is 0.304 e. The second-order valence-electron chi connectivity index (χ2n) is 5.42. The molecule has 4 heterocycles. The summed E-state index contributed by atoms with van der Waals surface area (Å²) >= 11 is 0. The Morgan fingerprint density at radius 1 is 0.577 bits per heavy atom. The van der Waals surface area contributed by atoms with Crippen LogP contribution in [0.3, 0.4) is 0 Å². The number of hydrogen-bond acceptors (Lipinski definition) is 2. The average molecular weight is 353 g/mol. The van der Waals surface area contributed by atoms with Crippen LogP contribution in [0, 0.1) is 27.7 Å². The molecular weight excluding hydrogens is 320 g/mol. The maximum absolute atomic E-state index is 4.38. The van der Waals surface area contributed by atoms with Crippen molar-refractivity contribution in [2.75, 3.05) is 0 Å². The molecule has 0 aliphatic rings. The van der Waals surface area contributed by atoms with E-state index in [-0.39, 0.29) is 0 Å². The van der Waals surface area contributed by atoms with Crippen LogP contribution in [0.1, 0.15) is 50.5 Å². The van der Waals surface area contributed by atoms with Crippen LogP contribution < -0.4 is 0 Å². The van der Waals surface area contributed by atoms with Gasteiger partial charge >= 0.3 is 0 Å². The van der Waals surface area contributed by atoms with Crippen LogP contribution in [-0.2, 0) is 0 Å². The predicted octanol–water partition coefficient (Wildman–Crippen LogP) is 5.95. The summed E-state index contributed by atoms with van der Waals surface area (Å²) in [5.41, 5.74) is 6.72. The fourth-order valence-corrected chi connectivity index (χ4v) is 2.47. The minimum absolute atomic E-state index is 1.03. The zero-order chi connectivity index (χ0) is 19.7. The molecule has 0 unspecified atom stereocenters. The number of aryl methyl sites for hydroxylation is 4. The number of fused-ring (bicyclic) bond motifs is 2. The molecule has 0 aliphatic carbocycles. The number of pyridine rings is 2. The van der Waals surface area contributed by atoms with Crippen LogP contribution in [0.25, 0.3) is 11.3 Å². The van der Waals surface area contributed by atoms with E-state index in [0.717, 1.165) is 22.7 Å². The Hall–Kier alpha value is -2.62. The van der Waals surface area contributed by atoms with Crippen molar-refractivity contribution in [2.45, 2.75) is 55.4 Å². The summed E-state index contributed by atoms with van der Waals surface area (Å²) in [7, 11) is 0. The second kappa shape index (κ2) is 10.4. The van der Waals surface area contributed by atoms with E-state index in [1.54, 1.807) is 0 Å². The first-order valence-electron chi connectivity index (χ1n) is 9.38. The summed E-state index contributed by atoms with van der Waals surface area (Å²) < 4.78 is 4.19. The standard InChI is InChI=1S/2C9H10N2.2C2H6/c2*1-7-8(2)11-6-4-3-5-9(11)10-7;2*1-2/h2*3-6H,1-2H3;2*1-2H3. The summed E-state index contributed by atoms with van der Waals surface area (Å²) in [5, 5.41) is 0. The molecule has 4 nitrogen and oxygen atoms in total. The first-order valence-corrected chi connectivity index (χ1v) is 9.38. The monoisotopic (exact) mass is 352 g/mol. The molecule has 0 saturated heterocycles. The molecule has 4 heteroatoms. The van der Waals surface area contributed by atoms with Crippen molar-refractivity contribution in [3.8, 4) is 0 Å². The molecule has 0 aromatic carbocycles.